The molecular weight excluding hydrogens is 226 g/mol. The van der Waals surface area contributed by atoms with E-state index in [1.54, 1.807) is 12.1 Å². The van der Waals surface area contributed by atoms with Gasteiger partial charge < -0.3 is 5.11 Å². The van der Waals surface area contributed by atoms with Gasteiger partial charge in [-0.25, -0.2) is 0 Å². The summed E-state index contributed by atoms with van der Waals surface area (Å²) in [4.78, 5) is 16.5. The Morgan fingerprint density at radius 3 is 2.61 bits per heavy atom. The summed E-state index contributed by atoms with van der Waals surface area (Å²) in [5.41, 5.74) is 2.86. The van der Waals surface area contributed by atoms with Crippen molar-refractivity contribution in [1.29, 1.82) is 0 Å². The number of hydrogen-bond donors (Lipinski definition) is 1. The number of aromatic hydroxyl groups is 1. The van der Waals surface area contributed by atoms with Crippen molar-refractivity contribution in [3.8, 4) is 5.75 Å². The van der Waals surface area contributed by atoms with E-state index < -0.39 is 0 Å². The van der Waals surface area contributed by atoms with Crippen LogP contribution in [-0.2, 0) is 0 Å². The molecule has 1 aliphatic heterocycles. The second-order valence-electron chi connectivity index (χ2n) is 4.23. The van der Waals surface area contributed by atoms with Gasteiger partial charge in [0.15, 0.2) is 5.78 Å². The first-order valence-electron chi connectivity index (χ1n) is 5.73. The third-order valence-corrected chi connectivity index (χ3v) is 2.97. The maximum Gasteiger partial charge on any atom is 0.171 e. The van der Waals surface area contributed by atoms with E-state index in [1.165, 1.54) is 6.07 Å². The second kappa shape index (κ2) is 4.11. The first-order valence-corrected chi connectivity index (χ1v) is 5.73. The predicted molar refractivity (Wildman–Crippen MR) is 69.7 cm³/mol. The van der Waals surface area contributed by atoms with E-state index in [0.717, 1.165) is 11.3 Å². The molecule has 0 saturated heterocycles. The van der Waals surface area contributed by atoms with Gasteiger partial charge >= 0.3 is 0 Å². The van der Waals surface area contributed by atoms with Gasteiger partial charge in [-0.1, -0.05) is 30.3 Å². The van der Waals surface area contributed by atoms with Crippen molar-refractivity contribution in [3.63, 3.8) is 0 Å². The molecule has 2 aromatic rings. The lowest BCUT2D eigenvalue weighted by Crippen LogP contribution is -2.14. The Balaban J connectivity index is 2.11. The summed E-state index contributed by atoms with van der Waals surface area (Å²) in [7, 11) is 0. The largest absolute Gasteiger partial charge is 0.508 e. The number of rotatable bonds is 1. The van der Waals surface area contributed by atoms with Crippen LogP contribution in [0.25, 0.3) is 0 Å². The molecule has 3 heteroatoms. The van der Waals surface area contributed by atoms with Gasteiger partial charge in [0.05, 0.1) is 17.8 Å². The lowest BCUT2D eigenvalue weighted by atomic mass is 9.96. The molecule has 18 heavy (non-hydrogen) atoms. The van der Waals surface area contributed by atoms with E-state index in [0.29, 0.717) is 11.3 Å². The maximum atomic E-state index is 12.0. The number of ketones is 1. The molecular formula is C15H11NO2. The van der Waals surface area contributed by atoms with Crippen LogP contribution in [0.2, 0.25) is 0 Å². The molecule has 0 radical (unpaired) electrons. The summed E-state index contributed by atoms with van der Waals surface area (Å²) < 4.78 is 0. The Morgan fingerprint density at radius 2 is 1.83 bits per heavy atom. The summed E-state index contributed by atoms with van der Waals surface area (Å²) in [6.45, 7) is 0. The SMILES string of the molecule is O=C1CC(c2ccccc2)=Nc2ccc(O)cc21. The lowest BCUT2D eigenvalue weighted by Gasteiger charge is -2.14. The number of nitrogens with zero attached hydrogens (tertiary/aromatic N) is 1. The fraction of sp³-hybridized carbons (Fsp3) is 0.0667. The van der Waals surface area contributed by atoms with E-state index in [-0.39, 0.29) is 18.0 Å². The molecule has 0 aliphatic carbocycles. The summed E-state index contributed by atoms with van der Waals surface area (Å²) >= 11 is 0. The van der Waals surface area contributed by atoms with Crippen LogP contribution in [0.4, 0.5) is 5.69 Å². The topological polar surface area (TPSA) is 49.7 Å². The minimum absolute atomic E-state index is 0.00486. The monoisotopic (exact) mass is 237 g/mol. The van der Waals surface area contributed by atoms with Crippen LogP contribution in [0, 0.1) is 0 Å². The molecule has 3 nitrogen and oxygen atoms in total. The molecule has 0 aromatic heterocycles. The van der Waals surface area contributed by atoms with Crippen molar-refractivity contribution in [2.24, 2.45) is 4.99 Å². The Labute approximate surface area is 104 Å². The molecule has 2 aromatic carbocycles. The zero-order valence-electron chi connectivity index (χ0n) is 9.63. The molecule has 0 spiro atoms. The smallest absolute Gasteiger partial charge is 0.171 e. The number of phenolic OH excluding ortho intramolecular Hbond substituents is 1. The van der Waals surface area contributed by atoms with Crippen LogP contribution in [0.5, 0.6) is 5.75 Å². The van der Waals surface area contributed by atoms with E-state index in [1.807, 2.05) is 30.3 Å². The van der Waals surface area contributed by atoms with Crippen LogP contribution in [0.15, 0.2) is 53.5 Å². The van der Waals surface area contributed by atoms with E-state index in [4.69, 9.17) is 0 Å². The fourth-order valence-corrected chi connectivity index (χ4v) is 2.07. The van der Waals surface area contributed by atoms with Gasteiger partial charge in [0.2, 0.25) is 0 Å². The fourth-order valence-electron chi connectivity index (χ4n) is 2.07. The third-order valence-electron chi connectivity index (χ3n) is 2.97. The Bertz CT molecular complexity index is 645. The van der Waals surface area contributed by atoms with Crippen LogP contribution >= 0.6 is 0 Å². The van der Waals surface area contributed by atoms with E-state index >= 15 is 0 Å². The molecule has 0 fully saturated rings. The van der Waals surface area contributed by atoms with Crippen molar-refractivity contribution in [1.82, 2.24) is 0 Å². The van der Waals surface area contributed by atoms with E-state index in [9.17, 15) is 9.90 Å². The summed E-state index contributed by atoms with van der Waals surface area (Å²) in [5, 5.41) is 9.39. The molecule has 3 rings (SSSR count). The van der Waals surface area contributed by atoms with Crippen LogP contribution < -0.4 is 0 Å². The molecule has 0 unspecified atom stereocenters. The van der Waals surface area contributed by atoms with Crippen LogP contribution in [0.3, 0.4) is 0 Å². The van der Waals surface area contributed by atoms with Gasteiger partial charge in [0, 0.05) is 5.56 Å². The normalized spacial score (nSPS) is 14.0. The first kappa shape index (κ1) is 10.7. The molecule has 0 amide bonds. The standard InChI is InChI=1S/C15H11NO2/c17-11-6-7-13-12(8-11)15(18)9-14(16-13)10-4-2-1-3-5-10/h1-8,17H,9H2. The molecule has 0 saturated carbocycles. The quantitative estimate of drug-likeness (QED) is 0.828. The van der Waals surface area contributed by atoms with Crippen LogP contribution in [0.1, 0.15) is 22.3 Å². The Kier molecular flexibility index (Phi) is 2.45. The Hall–Kier alpha value is -2.42. The van der Waals surface area contributed by atoms with E-state index in [2.05, 4.69) is 4.99 Å². The molecule has 0 atom stereocenters. The minimum atomic E-state index is -0.00486. The molecule has 88 valence electrons. The number of phenols is 1. The number of aliphatic imine (C=N–C) groups is 1. The zero-order chi connectivity index (χ0) is 12.5. The van der Waals surface area contributed by atoms with Crippen molar-refractivity contribution >= 4 is 17.2 Å². The van der Waals surface area contributed by atoms with Crippen molar-refractivity contribution in [3.05, 3.63) is 59.7 Å². The van der Waals surface area contributed by atoms with Gasteiger partial charge in [0.25, 0.3) is 0 Å². The minimum Gasteiger partial charge on any atom is -0.508 e. The second-order valence-corrected chi connectivity index (χ2v) is 4.23. The molecule has 1 heterocycles. The summed E-state index contributed by atoms with van der Waals surface area (Å²) in [6, 6.07) is 14.4. The van der Waals surface area contributed by atoms with Crippen molar-refractivity contribution in [2.45, 2.75) is 6.42 Å². The third kappa shape index (κ3) is 1.80. The number of Topliss-reactive ketones (excluding diaryl/α,β-unsaturated/α-hetero) is 1. The lowest BCUT2D eigenvalue weighted by molar-refractivity contribution is 0.0999. The van der Waals surface area contributed by atoms with Gasteiger partial charge in [0.1, 0.15) is 5.75 Å². The average molecular weight is 237 g/mol. The summed E-state index contributed by atoms with van der Waals surface area (Å²) in [5.74, 6) is 0.0928. The van der Waals surface area contributed by atoms with Gasteiger partial charge in [-0.3, -0.25) is 9.79 Å². The van der Waals surface area contributed by atoms with Gasteiger partial charge in [-0.05, 0) is 23.8 Å². The highest BCUT2D eigenvalue weighted by molar-refractivity contribution is 6.20. The van der Waals surface area contributed by atoms with Crippen molar-refractivity contribution < 1.29 is 9.90 Å². The number of hydrogen-bond acceptors (Lipinski definition) is 3. The Morgan fingerprint density at radius 1 is 1.06 bits per heavy atom. The first-order chi connectivity index (χ1) is 8.74. The highest BCUT2D eigenvalue weighted by atomic mass is 16.3. The van der Waals surface area contributed by atoms with Gasteiger partial charge in [-0.2, -0.15) is 0 Å². The molecule has 1 aliphatic rings. The molecule has 1 N–H and O–H groups in total. The number of carbonyl (C=O) groups is 1. The van der Waals surface area contributed by atoms with Crippen LogP contribution in [-0.4, -0.2) is 16.6 Å². The highest BCUT2D eigenvalue weighted by Gasteiger charge is 2.21. The maximum absolute atomic E-state index is 12.0. The van der Waals surface area contributed by atoms with Gasteiger partial charge in [-0.15, -0.1) is 0 Å². The predicted octanol–water partition coefficient (Wildman–Crippen LogP) is 3.10. The number of benzene rings is 2. The number of carbonyl (C=O) groups excluding carboxylic acids is 1. The van der Waals surface area contributed by atoms with Crippen molar-refractivity contribution in [2.75, 3.05) is 0 Å². The highest BCUT2D eigenvalue weighted by Crippen LogP contribution is 2.30. The molecule has 0 bridgehead atoms. The summed E-state index contributed by atoms with van der Waals surface area (Å²) in [6.07, 6.45) is 0.278. The zero-order valence-corrected chi connectivity index (χ0v) is 9.63. The average Bonchev–Trinajstić information content (AvgIpc) is 2.40. The number of fused-ring (bicyclic) bond motifs is 1.